The number of likely N-dealkylation sites (N-methyl/N-ethyl adjacent to an activating group) is 1. The maximum Gasteiger partial charge on any atom is 0.176 e. The summed E-state index contributed by atoms with van der Waals surface area (Å²) in [5, 5.41) is 3.36. The standard InChI is InChI=1S/C16H24N2O/c1-12-4-5-14(10-13(12)2)16(19)11-18(3)15-6-8-17-9-7-15/h4-5,10,15,17H,6-9,11H2,1-3H3. The molecule has 1 aliphatic heterocycles. The minimum Gasteiger partial charge on any atom is -0.317 e. The number of rotatable bonds is 4. The molecule has 0 saturated carbocycles. The van der Waals surface area contributed by atoms with Gasteiger partial charge >= 0.3 is 0 Å². The Balaban J connectivity index is 1.97. The molecule has 1 heterocycles. The molecule has 1 saturated heterocycles. The highest BCUT2D eigenvalue weighted by Crippen LogP contribution is 2.13. The molecule has 1 fully saturated rings. The van der Waals surface area contributed by atoms with Crippen LogP contribution in [0.1, 0.15) is 34.3 Å². The van der Waals surface area contributed by atoms with E-state index < -0.39 is 0 Å². The first kappa shape index (κ1) is 14.2. The van der Waals surface area contributed by atoms with Crippen LogP contribution in [0.5, 0.6) is 0 Å². The summed E-state index contributed by atoms with van der Waals surface area (Å²) in [4.78, 5) is 14.5. The van der Waals surface area contributed by atoms with Gasteiger partial charge in [0.1, 0.15) is 0 Å². The van der Waals surface area contributed by atoms with Crippen molar-refractivity contribution >= 4 is 5.78 Å². The summed E-state index contributed by atoms with van der Waals surface area (Å²) in [6, 6.07) is 6.53. The van der Waals surface area contributed by atoms with E-state index in [0.717, 1.165) is 31.5 Å². The van der Waals surface area contributed by atoms with Crippen LogP contribution in [0.4, 0.5) is 0 Å². The van der Waals surface area contributed by atoms with Gasteiger partial charge in [0.05, 0.1) is 6.54 Å². The molecule has 0 amide bonds. The number of benzene rings is 1. The van der Waals surface area contributed by atoms with Crippen LogP contribution in [0, 0.1) is 13.8 Å². The topological polar surface area (TPSA) is 32.3 Å². The van der Waals surface area contributed by atoms with Crippen LogP contribution < -0.4 is 5.32 Å². The normalized spacial score (nSPS) is 16.8. The smallest absolute Gasteiger partial charge is 0.176 e. The lowest BCUT2D eigenvalue weighted by Crippen LogP contribution is -2.43. The Labute approximate surface area is 116 Å². The average Bonchev–Trinajstić information content (AvgIpc) is 2.42. The first-order chi connectivity index (χ1) is 9.08. The molecule has 0 radical (unpaired) electrons. The van der Waals surface area contributed by atoms with E-state index >= 15 is 0 Å². The predicted octanol–water partition coefficient (Wildman–Crippen LogP) is 2.17. The van der Waals surface area contributed by atoms with Crippen molar-refractivity contribution in [3.05, 3.63) is 34.9 Å². The van der Waals surface area contributed by atoms with Gasteiger partial charge in [0, 0.05) is 11.6 Å². The van der Waals surface area contributed by atoms with Crippen molar-refractivity contribution in [3.8, 4) is 0 Å². The Morgan fingerprint density at radius 2 is 1.95 bits per heavy atom. The quantitative estimate of drug-likeness (QED) is 0.842. The molecule has 3 nitrogen and oxygen atoms in total. The van der Waals surface area contributed by atoms with Crippen LogP contribution in [0.15, 0.2) is 18.2 Å². The minimum absolute atomic E-state index is 0.226. The number of nitrogens with one attached hydrogen (secondary N) is 1. The Morgan fingerprint density at radius 3 is 2.58 bits per heavy atom. The lowest BCUT2D eigenvalue weighted by molar-refractivity contribution is 0.0903. The number of hydrogen-bond acceptors (Lipinski definition) is 3. The van der Waals surface area contributed by atoms with E-state index in [2.05, 4.69) is 31.1 Å². The van der Waals surface area contributed by atoms with Gasteiger partial charge in [0.2, 0.25) is 0 Å². The highest BCUT2D eigenvalue weighted by Gasteiger charge is 2.20. The third-order valence-corrected chi connectivity index (χ3v) is 4.15. The van der Waals surface area contributed by atoms with Gasteiger partial charge < -0.3 is 5.32 Å². The van der Waals surface area contributed by atoms with Crippen LogP contribution in [-0.2, 0) is 0 Å². The van der Waals surface area contributed by atoms with Crippen molar-refractivity contribution in [2.75, 3.05) is 26.7 Å². The first-order valence-electron chi connectivity index (χ1n) is 7.09. The van der Waals surface area contributed by atoms with Crippen LogP contribution in [0.2, 0.25) is 0 Å². The van der Waals surface area contributed by atoms with E-state index in [-0.39, 0.29) is 5.78 Å². The van der Waals surface area contributed by atoms with Crippen LogP contribution in [0.25, 0.3) is 0 Å². The molecule has 104 valence electrons. The molecule has 1 aliphatic rings. The zero-order chi connectivity index (χ0) is 13.8. The number of carbonyl (C=O) groups is 1. The third-order valence-electron chi connectivity index (χ3n) is 4.15. The van der Waals surface area contributed by atoms with Crippen molar-refractivity contribution < 1.29 is 4.79 Å². The molecule has 2 rings (SSSR count). The lowest BCUT2D eigenvalue weighted by Gasteiger charge is -2.31. The van der Waals surface area contributed by atoms with Crippen molar-refractivity contribution in [3.63, 3.8) is 0 Å². The largest absolute Gasteiger partial charge is 0.317 e. The number of piperidine rings is 1. The Morgan fingerprint density at radius 1 is 1.26 bits per heavy atom. The second-order valence-electron chi connectivity index (χ2n) is 5.62. The van der Waals surface area contributed by atoms with Gasteiger partial charge in [0.15, 0.2) is 5.78 Å². The van der Waals surface area contributed by atoms with Crippen LogP contribution >= 0.6 is 0 Å². The van der Waals surface area contributed by atoms with Gasteiger partial charge in [-0.1, -0.05) is 12.1 Å². The first-order valence-corrected chi connectivity index (χ1v) is 7.09. The molecule has 1 N–H and O–H groups in total. The Kier molecular flexibility index (Phi) is 4.72. The summed E-state index contributed by atoms with van der Waals surface area (Å²) < 4.78 is 0. The minimum atomic E-state index is 0.226. The molecule has 1 aromatic carbocycles. The fourth-order valence-corrected chi connectivity index (χ4v) is 2.61. The number of hydrogen-bond donors (Lipinski definition) is 1. The number of aryl methyl sites for hydroxylation is 2. The predicted molar refractivity (Wildman–Crippen MR) is 78.8 cm³/mol. The highest BCUT2D eigenvalue weighted by molar-refractivity contribution is 5.97. The number of Topliss-reactive ketones (excluding diaryl/α,β-unsaturated/α-hetero) is 1. The molecule has 0 bridgehead atoms. The SMILES string of the molecule is Cc1ccc(C(=O)CN(C)C2CCNCC2)cc1C. The zero-order valence-corrected chi connectivity index (χ0v) is 12.2. The van der Waals surface area contributed by atoms with Gasteiger partial charge in [-0.05, 0) is 64.0 Å². The van der Waals surface area contributed by atoms with Gasteiger partial charge in [-0.2, -0.15) is 0 Å². The van der Waals surface area contributed by atoms with E-state index in [1.807, 2.05) is 18.2 Å². The van der Waals surface area contributed by atoms with Crippen molar-refractivity contribution in [1.82, 2.24) is 10.2 Å². The van der Waals surface area contributed by atoms with Crippen LogP contribution in [0.3, 0.4) is 0 Å². The highest BCUT2D eigenvalue weighted by atomic mass is 16.1. The maximum absolute atomic E-state index is 12.3. The molecule has 0 spiro atoms. The van der Waals surface area contributed by atoms with Crippen molar-refractivity contribution in [2.24, 2.45) is 0 Å². The summed E-state index contributed by atoms with van der Waals surface area (Å²) in [7, 11) is 2.06. The van der Waals surface area contributed by atoms with Crippen molar-refractivity contribution in [2.45, 2.75) is 32.7 Å². The van der Waals surface area contributed by atoms with Gasteiger partial charge in [-0.3, -0.25) is 9.69 Å². The van der Waals surface area contributed by atoms with Gasteiger partial charge in [-0.25, -0.2) is 0 Å². The molecule has 0 aliphatic carbocycles. The summed E-state index contributed by atoms with van der Waals surface area (Å²) in [5.41, 5.74) is 3.27. The zero-order valence-electron chi connectivity index (χ0n) is 12.2. The van der Waals surface area contributed by atoms with Crippen molar-refractivity contribution in [1.29, 1.82) is 0 Å². The number of nitrogens with zero attached hydrogens (tertiary/aromatic N) is 1. The van der Waals surface area contributed by atoms with E-state index in [0.29, 0.717) is 12.6 Å². The molecule has 19 heavy (non-hydrogen) atoms. The second-order valence-corrected chi connectivity index (χ2v) is 5.62. The Bertz CT molecular complexity index is 450. The number of ketones is 1. The summed E-state index contributed by atoms with van der Waals surface area (Å²) in [5.74, 6) is 0.226. The van der Waals surface area contributed by atoms with Gasteiger partial charge in [0.25, 0.3) is 0 Å². The fourth-order valence-electron chi connectivity index (χ4n) is 2.61. The summed E-state index contributed by atoms with van der Waals surface area (Å²) in [6.45, 7) is 6.78. The van der Waals surface area contributed by atoms with E-state index in [1.54, 1.807) is 0 Å². The monoisotopic (exact) mass is 260 g/mol. The molecule has 0 unspecified atom stereocenters. The molecule has 0 aromatic heterocycles. The number of carbonyl (C=O) groups excluding carboxylic acids is 1. The van der Waals surface area contributed by atoms with E-state index in [4.69, 9.17) is 0 Å². The van der Waals surface area contributed by atoms with E-state index in [1.165, 1.54) is 11.1 Å². The molecule has 1 aromatic rings. The summed E-state index contributed by atoms with van der Waals surface area (Å²) >= 11 is 0. The third kappa shape index (κ3) is 3.64. The summed E-state index contributed by atoms with van der Waals surface area (Å²) in [6.07, 6.45) is 2.27. The average molecular weight is 260 g/mol. The molecular formula is C16H24N2O. The van der Waals surface area contributed by atoms with Gasteiger partial charge in [-0.15, -0.1) is 0 Å². The molecule has 3 heteroatoms. The maximum atomic E-state index is 12.3. The van der Waals surface area contributed by atoms with E-state index in [9.17, 15) is 4.79 Å². The fraction of sp³-hybridized carbons (Fsp3) is 0.562. The lowest BCUT2D eigenvalue weighted by atomic mass is 10.0. The molecular weight excluding hydrogens is 236 g/mol. The second kappa shape index (κ2) is 6.31. The Hall–Kier alpha value is -1.19. The van der Waals surface area contributed by atoms with Crippen LogP contribution in [-0.4, -0.2) is 43.4 Å². The molecule has 0 atom stereocenters.